The highest BCUT2D eigenvalue weighted by Gasteiger charge is 2.10. The molecule has 0 saturated carbocycles. The summed E-state index contributed by atoms with van der Waals surface area (Å²) in [5, 5.41) is 0. The molecule has 5 heteroatoms. The highest BCUT2D eigenvalue weighted by atomic mass is 32.9. The molecular weight excluding hydrogens is 235 g/mol. The number of benzene rings is 1. The van der Waals surface area contributed by atoms with Gasteiger partial charge in [-0.05, 0) is 29.9 Å². The van der Waals surface area contributed by atoms with Crippen molar-refractivity contribution in [2.75, 3.05) is 0 Å². The first kappa shape index (κ1) is 11.8. The lowest BCUT2D eigenvalue weighted by atomic mass is 10.1. The Morgan fingerprint density at radius 2 is 2.21 bits per heavy atom. The maximum Gasteiger partial charge on any atom is 0.291 e. The van der Waals surface area contributed by atoms with E-state index in [4.69, 9.17) is 16.3 Å². The first-order chi connectivity index (χ1) is 6.53. The van der Waals surface area contributed by atoms with Crippen molar-refractivity contribution < 1.29 is 9.42 Å². The van der Waals surface area contributed by atoms with Crippen LogP contribution in [0.2, 0.25) is 0 Å². The van der Waals surface area contributed by atoms with E-state index in [9.17, 15) is 4.89 Å². The molecule has 1 N–H and O–H groups in total. The van der Waals surface area contributed by atoms with Crippen LogP contribution in [0.25, 0.3) is 0 Å². The van der Waals surface area contributed by atoms with Crippen molar-refractivity contribution in [3.8, 4) is 5.75 Å². The zero-order chi connectivity index (χ0) is 10.6. The number of hydrogen-bond acceptors (Lipinski definition) is 2. The van der Waals surface area contributed by atoms with E-state index in [0.29, 0.717) is 12.2 Å². The van der Waals surface area contributed by atoms with Crippen molar-refractivity contribution in [2.24, 2.45) is 0 Å². The Bertz CT molecular complexity index is 373. The van der Waals surface area contributed by atoms with Crippen LogP contribution in [0.4, 0.5) is 0 Å². The number of para-hydroxylation sites is 1. The Labute approximate surface area is 93.9 Å². The van der Waals surface area contributed by atoms with Crippen LogP contribution >= 0.6 is 17.9 Å². The number of hydrogen-bond donors (Lipinski definition) is 2. The zero-order valence-corrected chi connectivity index (χ0v) is 10.1. The highest BCUT2D eigenvalue weighted by molar-refractivity contribution is 8.59. The average Bonchev–Trinajstić information content (AvgIpc) is 2.06. The van der Waals surface area contributed by atoms with Crippen LogP contribution in [0, 0.1) is 0 Å². The SMILES string of the molecule is C=CCc1ccccc1OP(O)(=S)S. The summed E-state index contributed by atoms with van der Waals surface area (Å²) in [6, 6.07) is 7.37. The Balaban J connectivity index is 2.95. The van der Waals surface area contributed by atoms with Crippen LogP contribution in [-0.2, 0) is 18.2 Å². The minimum atomic E-state index is -2.94. The molecule has 0 bridgehead atoms. The molecule has 0 aromatic heterocycles. The second kappa shape index (κ2) is 4.99. The third-order valence-corrected chi connectivity index (χ3v) is 2.46. The van der Waals surface area contributed by atoms with Gasteiger partial charge < -0.3 is 9.42 Å². The minimum absolute atomic E-state index is 0.577. The Kier molecular flexibility index (Phi) is 4.20. The van der Waals surface area contributed by atoms with Crippen molar-refractivity contribution in [2.45, 2.75) is 6.42 Å². The average molecular weight is 246 g/mol. The third-order valence-electron chi connectivity index (χ3n) is 1.55. The smallest absolute Gasteiger partial charge is 0.291 e. The molecule has 1 aromatic carbocycles. The van der Waals surface area contributed by atoms with E-state index >= 15 is 0 Å². The molecule has 1 aromatic rings. The molecule has 76 valence electrons. The van der Waals surface area contributed by atoms with Crippen LogP contribution < -0.4 is 4.52 Å². The van der Waals surface area contributed by atoms with Gasteiger partial charge in [0.15, 0.2) is 0 Å². The van der Waals surface area contributed by atoms with Gasteiger partial charge >= 0.3 is 0 Å². The van der Waals surface area contributed by atoms with E-state index in [1.54, 1.807) is 12.1 Å². The molecule has 14 heavy (non-hydrogen) atoms. The van der Waals surface area contributed by atoms with Crippen LogP contribution in [-0.4, -0.2) is 4.89 Å². The first-order valence-corrected chi connectivity index (χ1v) is 7.79. The van der Waals surface area contributed by atoms with Crippen LogP contribution in [0.5, 0.6) is 5.75 Å². The summed E-state index contributed by atoms with van der Waals surface area (Å²) in [5.41, 5.74) is -2.00. The molecule has 2 nitrogen and oxygen atoms in total. The van der Waals surface area contributed by atoms with Gasteiger partial charge in [-0.25, -0.2) is 0 Å². The summed E-state index contributed by atoms with van der Waals surface area (Å²) >= 11 is 8.51. The van der Waals surface area contributed by atoms with E-state index in [1.807, 2.05) is 18.2 Å². The predicted molar refractivity (Wildman–Crippen MR) is 66.5 cm³/mol. The fourth-order valence-electron chi connectivity index (χ4n) is 1.05. The summed E-state index contributed by atoms with van der Waals surface area (Å²) in [6.07, 6.45) is 2.45. The van der Waals surface area contributed by atoms with E-state index in [2.05, 4.69) is 18.8 Å². The van der Waals surface area contributed by atoms with E-state index < -0.39 is 5.69 Å². The second-order valence-electron chi connectivity index (χ2n) is 2.68. The van der Waals surface area contributed by atoms with Gasteiger partial charge in [-0.1, -0.05) is 36.5 Å². The van der Waals surface area contributed by atoms with Crippen molar-refractivity contribution in [3.05, 3.63) is 42.5 Å². The lowest BCUT2D eigenvalue weighted by Crippen LogP contribution is -1.91. The molecule has 0 radical (unpaired) electrons. The van der Waals surface area contributed by atoms with Gasteiger partial charge in [0, 0.05) is 0 Å². The number of allylic oxidation sites excluding steroid dienone is 1. The van der Waals surface area contributed by atoms with Gasteiger partial charge in [-0.2, -0.15) is 0 Å². The minimum Gasteiger partial charge on any atom is -0.436 e. The maximum absolute atomic E-state index is 9.31. The van der Waals surface area contributed by atoms with E-state index in [-0.39, 0.29) is 0 Å². The fraction of sp³-hybridized carbons (Fsp3) is 0.111. The van der Waals surface area contributed by atoms with Gasteiger partial charge in [-0.15, -0.1) is 6.58 Å². The lowest BCUT2D eigenvalue weighted by molar-refractivity contribution is 0.502. The molecule has 0 aliphatic carbocycles. The molecule has 0 fully saturated rings. The Hall–Kier alpha value is -0.280. The van der Waals surface area contributed by atoms with Gasteiger partial charge in [-0.3, -0.25) is 0 Å². The molecule has 1 unspecified atom stereocenters. The molecular formula is C9H11O2PS2. The molecule has 1 atom stereocenters. The van der Waals surface area contributed by atoms with Gasteiger partial charge in [0.2, 0.25) is 0 Å². The van der Waals surface area contributed by atoms with Gasteiger partial charge in [0.25, 0.3) is 5.69 Å². The van der Waals surface area contributed by atoms with Gasteiger partial charge in [0.1, 0.15) is 5.75 Å². The summed E-state index contributed by atoms with van der Waals surface area (Å²) in [5.74, 6) is 0.577. The normalized spacial score (nSPS) is 14.4. The number of rotatable bonds is 4. The quantitative estimate of drug-likeness (QED) is 0.486. The third kappa shape index (κ3) is 3.84. The summed E-state index contributed by atoms with van der Waals surface area (Å²) < 4.78 is 5.18. The van der Waals surface area contributed by atoms with Crippen molar-refractivity contribution in [3.63, 3.8) is 0 Å². The molecule has 0 aliphatic heterocycles. The monoisotopic (exact) mass is 246 g/mol. The lowest BCUT2D eigenvalue weighted by Gasteiger charge is -2.13. The van der Waals surface area contributed by atoms with Crippen molar-refractivity contribution >= 4 is 29.7 Å². The highest BCUT2D eigenvalue weighted by Crippen LogP contribution is 2.48. The molecule has 0 spiro atoms. The second-order valence-corrected chi connectivity index (χ2v) is 7.77. The Morgan fingerprint density at radius 3 is 2.79 bits per heavy atom. The summed E-state index contributed by atoms with van der Waals surface area (Å²) in [7, 11) is 0. The van der Waals surface area contributed by atoms with E-state index in [1.165, 1.54) is 0 Å². The molecule has 0 amide bonds. The number of thiol groups is 1. The van der Waals surface area contributed by atoms with Crippen LogP contribution in [0.15, 0.2) is 36.9 Å². The summed E-state index contributed by atoms with van der Waals surface area (Å²) in [6.45, 7) is 3.64. The van der Waals surface area contributed by atoms with Gasteiger partial charge in [0.05, 0.1) is 0 Å². The molecule has 0 aliphatic rings. The van der Waals surface area contributed by atoms with Crippen LogP contribution in [0.3, 0.4) is 0 Å². The Morgan fingerprint density at radius 1 is 1.57 bits per heavy atom. The van der Waals surface area contributed by atoms with E-state index in [0.717, 1.165) is 5.56 Å². The topological polar surface area (TPSA) is 29.5 Å². The van der Waals surface area contributed by atoms with Crippen LogP contribution in [0.1, 0.15) is 5.56 Å². The molecule has 1 rings (SSSR count). The summed E-state index contributed by atoms with van der Waals surface area (Å²) in [4.78, 5) is 9.31. The van der Waals surface area contributed by atoms with Crippen molar-refractivity contribution in [1.29, 1.82) is 0 Å². The van der Waals surface area contributed by atoms with Crippen molar-refractivity contribution in [1.82, 2.24) is 0 Å². The molecule has 0 heterocycles. The fourth-order valence-corrected chi connectivity index (χ4v) is 1.98. The predicted octanol–water partition coefficient (Wildman–Crippen LogP) is 2.94. The molecule has 0 saturated heterocycles. The first-order valence-electron chi connectivity index (χ1n) is 3.97. The zero-order valence-electron chi connectivity index (χ0n) is 7.46. The standard InChI is InChI=1S/C9H11O2PS2/c1-2-5-8-6-3-4-7-9(8)11-12(10,13)14/h2-4,6-7H,1,5H2,(H2,10,13,14). The maximum atomic E-state index is 9.31. The largest absolute Gasteiger partial charge is 0.436 e.